The van der Waals surface area contributed by atoms with E-state index in [2.05, 4.69) is 17.2 Å². The average Bonchev–Trinajstić information content (AvgIpc) is 2.37. The van der Waals surface area contributed by atoms with Gasteiger partial charge in [0, 0.05) is 6.20 Å². The molecule has 4 heteroatoms. The second-order valence-electron chi connectivity index (χ2n) is 4.53. The molecule has 0 aromatic carbocycles. The minimum atomic E-state index is -0.598. The van der Waals surface area contributed by atoms with Crippen molar-refractivity contribution in [1.82, 2.24) is 10.3 Å². The highest BCUT2D eigenvalue weighted by Gasteiger charge is 2.21. The van der Waals surface area contributed by atoms with Gasteiger partial charge >= 0.3 is 0 Å². The summed E-state index contributed by atoms with van der Waals surface area (Å²) in [5.74, 6) is -0.802. The van der Waals surface area contributed by atoms with Gasteiger partial charge in [0.2, 0.25) is 5.91 Å². The summed E-state index contributed by atoms with van der Waals surface area (Å²) in [5.41, 5.74) is 1.99. The van der Waals surface area contributed by atoms with Crippen LogP contribution in [0.5, 0.6) is 0 Å². The van der Waals surface area contributed by atoms with Crippen LogP contribution in [0.4, 0.5) is 0 Å². The number of pyridine rings is 1. The van der Waals surface area contributed by atoms with E-state index in [9.17, 15) is 4.79 Å². The summed E-state index contributed by atoms with van der Waals surface area (Å²) in [6, 6.07) is 5.92. The molecule has 0 bridgehead atoms. The summed E-state index contributed by atoms with van der Waals surface area (Å²) < 4.78 is 0. The number of rotatable bonds is 5. The van der Waals surface area contributed by atoms with Crippen LogP contribution in [0.25, 0.3) is 0 Å². The van der Waals surface area contributed by atoms with Crippen molar-refractivity contribution in [2.45, 2.75) is 33.7 Å². The minimum Gasteiger partial charge on any atom is -0.349 e. The average molecular weight is 245 g/mol. The molecule has 0 radical (unpaired) electrons. The number of carbonyl (C=O) groups is 1. The Morgan fingerprint density at radius 1 is 1.56 bits per heavy atom. The fraction of sp³-hybridized carbons (Fsp3) is 0.500. The number of nitrogens with one attached hydrogen (secondary N) is 1. The zero-order valence-electron chi connectivity index (χ0n) is 11.1. The Kier molecular flexibility index (Phi) is 5.31. The molecule has 0 saturated heterocycles. The van der Waals surface area contributed by atoms with E-state index in [1.165, 1.54) is 0 Å². The Labute approximate surface area is 108 Å². The number of carbonyl (C=O) groups excluding carboxylic acids is 1. The van der Waals surface area contributed by atoms with E-state index in [4.69, 9.17) is 5.26 Å². The van der Waals surface area contributed by atoms with Crippen molar-refractivity contribution in [2.75, 3.05) is 0 Å². The summed E-state index contributed by atoms with van der Waals surface area (Å²) in [5, 5.41) is 11.7. The van der Waals surface area contributed by atoms with Crippen molar-refractivity contribution in [3.8, 4) is 6.07 Å². The normalized spacial score (nSPS) is 11.9. The van der Waals surface area contributed by atoms with Crippen LogP contribution in [0.15, 0.2) is 18.3 Å². The number of hydrogen-bond donors (Lipinski definition) is 1. The van der Waals surface area contributed by atoms with Gasteiger partial charge < -0.3 is 5.32 Å². The molecule has 0 aliphatic rings. The molecule has 1 atom stereocenters. The van der Waals surface area contributed by atoms with Gasteiger partial charge in [-0.15, -0.1) is 0 Å². The summed E-state index contributed by atoms with van der Waals surface area (Å²) in [4.78, 5) is 16.1. The van der Waals surface area contributed by atoms with Crippen LogP contribution in [0.3, 0.4) is 0 Å². The molecule has 1 aromatic rings. The molecule has 1 N–H and O–H groups in total. The van der Waals surface area contributed by atoms with Gasteiger partial charge in [-0.1, -0.05) is 26.8 Å². The minimum absolute atomic E-state index is 0.0179. The van der Waals surface area contributed by atoms with E-state index in [0.29, 0.717) is 6.54 Å². The standard InChI is InChI=1S/C14H19N3O/c1-4-11-6-5-7-16-13(11)9-17-14(18)12(8-15)10(2)3/h5-7,10,12H,4,9H2,1-3H3,(H,17,18). The number of nitriles is 1. The molecule has 0 saturated carbocycles. The summed E-state index contributed by atoms with van der Waals surface area (Å²) in [7, 11) is 0. The second kappa shape index (κ2) is 6.75. The van der Waals surface area contributed by atoms with Crippen LogP contribution >= 0.6 is 0 Å². The zero-order valence-corrected chi connectivity index (χ0v) is 11.1. The predicted molar refractivity (Wildman–Crippen MR) is 69.4 cm³/mol. The lowest BCUT2D eigenvalue weighted by Crippen LogP contribution is -2.32. The fourth-order valence-electron chi connectivity index (χ4n) is 1.74. The maximum atomic E-state index is 11.8. The molecule has 18 heavy (non-hydrogen) atoms. The molecule has 0 fully saturated rings. The first kappa shape index (κ1) is 14.2. The number of amides is 1. The van der Waals surface area contributed by atoms with Gasteiger partial charge in [0.05, 0.1) is 18.3 Å². The van der Waals surface area contributed by atoms with E-state index in [1.807, 2.05) is 32.0 Å². The zero-order chi connectivity index (χ0) is 13.5. The van der Waals surface area contributed by atoms with Crippen LogP contribution in [0.1, 0.15) is 32.0 Å². The Morgan fingerprint density at radius 2 is 2.28 bits per heavy atom. The first-order valence-electron chi connectivity index (χ1n) is 6.20. The van der Waals surface area contributed by atoms with Crippen LogP contribution < -0.4 is 5.32 Å². The number of aryl methyl sites for hydroxylation is 1. The van der Waals surface area contributed by atoms with Crippen molar-refractivity contribution >= 4 is 5.91 Å². The maximum Gasteiger partial charge on any atom is 0.237 e. The third-order valence-corrected chi connectivity index (χ3v) is 2.88. The molecular formula is C14H19N3O. The Bertz CT molecular complexity index is 449. The molecule has 96 valence electrons. The lowest BCUT2D eigenvalue weighted by molar-refractivity contribution is -0.124. The molecule has 0 aliphatic carbocycles. The molecule has 1 amide bonds. The van der Waals surface area contributed by atoms with Crippen LogP contribution in [0, 0.1) is 23.2 Å². The maximum absolute atomic E-state index is 11.8. The monoisotopic (exact) mass is 245 g/mol. The highest BCUT2D eigenvalue weighted by atomic mass is 16.1. The molecule has 4 nitrogen and oxygen atoms in total. The van der Waals surface area contributed by atoms with Gasteiger partial charge in [0.1, 0.15) is 5.92 Å². The van der Waals surface area contributed by atoms with Crippen molar-refractivity contribution in [2.24, 2.45) is 11.8 Å². The molecule has 1 aromatic heterocycles. The summed E-state index contributed by atoms with van der Waals surface area (Å²) in [6.07, 6.45) is 2.59. The molecule has 0 spiro atoms. The Balaban J connectivity index is 2.65. The SMILES string of the molecule is CCc1cccnc1CNC(=O)C(C#N)C(C)C. The third kappa shape index (κ3) is 3.56. The molecular weight excluding hydrogens is 226 g/mol. The predicted octanol–water partition coefficient (Wildman–Crippen LogP) is 2.06. The number of nitrogens with zero attached hydrogens (tertiary/aromatic N) is 2. The summed E-state index contributed by atoms with van der Waals surface area (Å²) >= 11 is 0. The molecule has 1 rings (SSSR count). The molecule has 0 aliphatic heterocycles. The fourth-order valence-corrected chi connectivity index (χ4v) is 1.74. The van der Waals surface area contributed by atoms with Gasteiger partial charge in [-0.2, -0.15) is 5.26 Å². The highest BCUT2D eigenvalue weighted by molar-refractivity contribution is 5.81. The summed E-state index contributed by atoms with van der Waals surface area (Å²) in [6.45, 7) is 6.17. The molecule has 1 heterocycles. The van der Waals surface area contributed by atoms with Crippen LogP contribution in [-0.2, 0) is 17.8 Å². The largest absolute Gasteiger partial charge is 0.349 e. The van der Waals surface area contributed by atoms with Crippen molar-refractivity contribution in [1.29, 1.82) is 5.26 Å². The van der Waals surface area contributed by atoms with Gasteiger partial charge in [-0.05, 0) is 24.0 Å². The molecule has 1 unspecified atom stereocenters. The van der Waals surface area contributed by atoms with E-state index >= 15 is 0 Å². The first-order chi connectivity index (χ1) is 8.60. The Morgan fingerprint density at radius 3 is 2.83 bits per heavy atom. The van der Waals surface area contributed by atoms with Crippen molar-refractivity contribution < 1.29 is 4.79 Å². The van der Waals surface area contributed by atoms with Crippen LogP contribution in [0.2, 0.25) is 0 Å². The first-order valence-corrected chi connectivity index (χ1v) is 6.20. The van der Waals surface area contributed by atoms with Crippen molar-refractivity contribution in [3.63, 3.8) is 0 Å². The van der Waals surface area contributed by atoms with Crippen molar-refractivity contribution in [3.05, 3.63) is 29.6 Å². The van der Waals surface area contributed by atoms with Gasteiger partial charge in [-0.25, -0.2) is 0 Å². The van der Waals surface area contributed by atoms with Gasteiger partial charge in [0.25, 0.3) is 0 Å². The lowest BCUT2D eigenvalue weighted by Gasteiger charge is -2.13. The number of aromatic nitrogens is 1. The smallest absolute Gasteiger partial charge is 0.237 e. The van der Waals surface area contributed by atoms with Gasteiger partial charge in [-0.3, -0.25) is 9.78 Å². The third-order valence-electron chi connectivity index (χ3n) is 2.88. The van der Waals surface area contributed by atoms with E-state index < -0.39 is 5.92 Å². The van der Waals surface area contributed by atoms with E-state index in [-0.39, 0.29) is 11.8 Å². The highest BCUT2D eigenvalue weighted by Crippen LogP contribution is 2.10. The van der Waals surface area contributed by atoms with Crippen LogP contribution in [-0.4, -0.2) is 10.9 Å². The second-order valence-corrected chi connectivity index (χ2v) is 4.53. The lowest BCUT2D eigenvalue weighted by atomic mass is 9.96. The topological polar surface area (TPSA) is 65.8 Å². The van der Waals surface area contributed by atoms with E-state index in [0.717, 1.165) is 17.7 Å². The van der Waals surface area contributed by atoms with Gasteiger partial charge in [0.15, 0.2) is 0 Å². The van der Waals surface area contributed by atoms with E-state index in [1.54, 1.807) is 6.20 Å². The number of hydrogen-bond acceptors (Lipinski definition) is 3. The Hall–Kier alpha value is -1.89. The quantitative estimate of drug-likeness (QED) is 0.863.